The first-order valence-corrected chi connectivity index (χ1v) is 7.28. The summed E-state index contributed by atoms with van der Waals surface area (Å²) in [7, 11) is -3.62. The summed E-state index contributed by atoms with van der Waals surface area (Å²) in [4.78, 5) is 22.9. The number of carboxylic acids is 1. The van der Waals surface area contributed by atoms with Gasteiger partial charge in [0.15, 0.2) is 15.3 Å². The maximum absolute atomic E-state index is 12.1. The molecule has 20 heavy (non-hydrogen) atoms. The van der Waals surface area contributed by atoms with Crippen LogP contribution in [0.5, 0.6) is 0 Å². The summed E-state index contributed by atoms with van der Waals surface area (Å²) >= 11 is 0. The predicted octanol–water partition coefficient (Wildman–Crippen LogP) is 1.29. The second-order valence-corrected chi connectivity index (χ2v) is 6.30. The van der Waals surface area contributed by atoms with Crippen LogP contribution in [0.1, 0.15) is 16.1 Å². The van der Waals surface area contributed by atoms with Crippen LogP contribution in [0.3, 0.4) is 0 Å². The van der Waals surface area contributed by atoms with E-state index >= 15 is 0 Å². The molecular formula is C13H8O6S. The minimum Gasteiger partial charge on any atom is -0.475 e. The fourth-order valence-corrected chi connectivity index (χ4v) is 3.76. The summed E-state index contributed by atoms with van der Waals surface area (Å²) < 4.78 is 29.4. The van der Waals surface area contributed by atoms with E-state index in [9.17, 15) is 18.0 Å². The number of benzene rings is 1. The van der Waals surface area contributed by atoms with Gasteiger partial charge >= 0.3 is 5.97 Å². The molecule has 1 aliphatic rings. The number of aromatic carboxylic acids is 1. The molecule has 7 heteroatoms. The summed E-state index contributed by atoms with van der Waals surface area (Å²) in [5.74, 6) is -2.36. The largest absolute Gasteiger partial charge is 0.475 e. The van der Waals surface area contributed by atoms with Crippen LogP contribution in [0.2, 0.25) is 0 Å². The highest BCUT2D eigenvalue weighted by Gasteiger charge is 2.32. The second-order valence-electron chi connectivity index (χ2n) is 4.34. The third kappa shape index (κ3) is 1.75. The van der Waals surface area contributed by atoms with E-state index in [2.05, 4.69) is 0 Å². The van der Waals surface area contributed by atoms with Crippen molar-refractivity contribution in [1.82, 2.24) is 0 Å². The Labute approximate surface area is 113 Å². The average Bonchev–Trinajstić information content (AvgIpc) is 2.40. The normalized spacial score (nSPS) is 15.2. The minimum absolute atomic E-state index is 0.0142. The molecular weight excluding hydrogens is 284 g/mol. The van der Waals surface area contributed by atoms with E-state index in [-0.39, 0.29) is 21.8 Å². The number of carboxylic acid groups (broad SMARTS) is 1. The Balaban J connectivity index is 2.43. The zero-order valence-corrected chi connectivity index (χ0v) is 10.8. The van der Waals surface area contributed by atoms with Gasteiger partial charge in [0, 0.05) is 11.6 Å². The number of carbonyl (C=O) groups is 1. The van der Waals surface area contributed by atoms with Crippen molar-refractivity contribution in [1.29, 1.82) is 0 Å². The fourth-order valence-electron chi connectivity index (χ4n) is 2.17. The zero-order chi connectivity index (χ0) is 14.5. The molecule has 0 spiro atoms. The molecule has 0 amide bonds. The Kier molecular flexibility index (Phi) is 2.55. The molecule has 1 aromatic heterocycles. The van der Waals surface area contributed by atoms with Crippen molar-refractivity contribution in [2.45, 2.75) is 10.6 Å². The first-order valence-electron chi connectivity index (χ1n) is 5.62. The summed E-state index contributed by atoms with van der Waals surface area (Å²) in [6.07, 6.45) is 0. The first-order chi connectivity index (χ1) is 9.40. The van der Waals surface area contributed by atoms with Gasteiger partial charge in [-0.1, -0.05) is 12.1 Å². The molecule has 0 fully saturated rings. The van der Waals surface area contributed by atoms with Gasteiger partial charge < -0.3 is 9.52 Å². The Hall–Kier alpha value is -2.41. The van der Waals surface area contributed by atoms with Crippen LogP contribution in [0, 0.1) is 0 Å². The standard InChI is InChI=1S/C13H8O6S/c14-9-5-10(13(15)16)19-12-7-3-1-2-4-11(7)20(17,18)6-8(9)12/h1-5H,6H2,(H,15,16). The van der Waals surface area contributed by atoms with Crippen molar-refractivity contribution >= 4 is 15.8 Å². The van der Waals surface area contributed by atoms with Crippen LogP contribution in [0.4, 0.5) is 0 Å². The fraction of sp³-hybridized carbons (Fsp3) is 0.0769. The lowest BCUT2D eigenvalue weighted by molar-refractivity contribution is 0.0660. The third-order valence-electron chi connectivity index (χ3n) is 3.06. The van der Waals surface area contributed by atoms with Gasteiger partial charge in [-0.2, -0.15) is 0 Å². The Morgan fingerprint density at radius 2 is 1.95 bits per heavy atom. The Morgan fingerprint density at radius 1 is 1.25 bits per heavy atom. The van der Waals surface area contributed by atoms with Gasteiger partial charge in [0.1, 0.15) is 5.76 Å². The summed E-state index contributed by atoms with van der Waals surface area (Å²) in [5.41, 5.74) is -0.468. The molecule has 0 radical (unpaired) electrons. The molecule has 0 bridgehead atoms. The number of rotatable bonds is 1. The van der Waals surface area contributed by atoms with Crippen molar-refractivity contribution in [3.63, 3.8) is 0 Å². The monoisotopic (exact) mass is 292 g/mol. The smallest absolute Gasteiger partial charge is 0.371 e. The number of fused-ring (bicyclic) bond motifs is 3. The predicted molar refractivity (Wildman–Crippen MR) is 68.3 cm³/mol. The topological polar surface area (TPSA) is 102 Å². The lowest BCUT2D eigenvalue weighted by Crippen LogP contribution is -2.21. The van der Waals surface area contributed by atoms with Crippen molar-refractivity contribution in [2.24, 2.45) is 0 Å². The lowest BCUT2D eigenvalue weighted by atomic mass is 10.1. The highest BCUT2D eigenvalue weighted by molar-refractivity contribution is 7.90. The molecule has 1 aromatic carbocycles. The van der Waals surface area contributed by atoms with E-state index < -0.39 is 32.7 Å². The van der Waals surface area contributed by atoms with E-state index in [0.717, 1.165) is 6.07 Å². The molecule has 0 atom stereocenters. The molecule has 0 aliphatic carbocycles. The van der Waals surface area contributed by atoms with Crippen LogP contribution in [-0.2, 0) is 15.6 Å². The number of hydrogen-bond donors (Lipinski definition) is 1. The summed E-state index contributed by atoms with van der Waals surface area (Å²) in [5, 5.41) is 8.91. The van der Waals surface area contributed by atoms with E-state index in [4.69, 9.17) is 9.52 Å². The molecule has 1 aliphatic heterocycles. The Morgan fingerprint density at radius 3 is 2.65 bits per heavy atom. The van der Waals surface area contributed by atoms with Gasteiger partial charge in [-0.3, -0.25) is 4.79 Å². The van der Waals surface area contributed by atoms with Crippen molar-refractivity contribution in [3.8, 4) is 11.3 Å². The minimum atomic E-state index is -3.62. The number of hydrogen-bond acceptors (Lipinski definition) is 5. The highest BCUT2D eigenvalue weighted by atomic mass is 32.2. The lowest BCUT2D eigenvalue weighted by Gasteiger charge is -2.18. The molecule has 3 rings (SSSR count). The maximum Gasteiger partial charge on any atom is 0.371 e. The van der Waals surface area contributed by atoms with Gasteiger partial charge in [0.2, 0.25) is 5.76 Å². The van der Waals surface area contributed by atoms with Crippen LogP contribution in [0.25, 0.3) is 11.3 Å². The molecule has 2 aromatic rings. The average molecular weight is 292 g/mol. The Bertz CT molecular complexity index is 891. The van der Waals surface area contributed by atoms with E-state index in [1.165, 1.54) is 12.1 Å². The molecule has 1 N–H and O–H groups in total. The van der Waals surface area contributed by atoms with Crippen LogP contribution in [0.15, 0.2) is 44.4 Å². The van der Waals surface area contributed by atoms with Crippen molar-refractivity contribution < 1.29 is 22.7 Å². The third-order valence-corrected chi connectivity index (χ3v) is 4.75. The van der Waals surface area contributed by atoms with E-state index in [0.29, 0.717) is 0 Å². The first kappa shape index (κ1) is 12.6. The summed E-state index contributed by atoms with van der Waals surface area (Å²) in [6.45, 7) is 0. The highest BCUT2D eigenvalue weighted by Crippen LogP contribution is 2.36. The molecule has 6 nitrogen and oxygen atoms in total. The second kappa shape index (κ2) is 4.04. The van der Waals surface area contributed by atoms with Gasteiger partial charge in [-0.05, 0) is 12.1 Å². The van der Waals surface area contributed by atoms with E-state index in [1.807, 2.05) is 0 Å². The van der Waals surface area contributed by atoms with E-state index in [1.54, 1.807) is 12.1 Å². The molecule has 0 unspecified atom stereocenters. The number of sulfone groups is 1. The SMILES string of the molecule is O=C(O)c1cc(=O)c2c(o1)-c1ccccc1S(=O)(=O)C2. The molecule has 0 saturated carbocycles. The van der Waals surface area contributed by atoms with Crippen LogP contribution >= 0.6 is 0 Å². The molecule has 2 heterocycles. The van der Waals surface area contributed by atoms with Gasteiger partial charge in [0.25, 0.3) is 0 Å². The molecule has 102 valence electrons. The van der Waals surface area contributed by atoms with Crippen molar-refractivity contribution in [2.75, 3.05) is 0 Å². The van der Waals surface area contributed by atoms with Crippen molar-refractivity contribution in [3.05, 3.63) is 51.9 Å². The van der Waals surface area contributed by atoms with Crippen LogP contribution < -0.4 is 5.43 Å². The maximum atomic E-state index is 12.1. The van der Waals surface area contributed by atoms with Crippen LogP contribution in [-0.4, -0.2) is 19.5 Å². The van der Waals surface area contributed by atoms with Gasteiger partial charge in [0.05, 0.1) is 16.2 Å². The summed E-state index contributed by atoms with van der Waals surface area (Å²) in [6, 6.07) is 6.84. The van der Waals surface area contributed by atoms with Gasteiger partial charge in [-0.15, -0.1) is 0 Å². The van der Waals surface area contributed by atoms with Gasteiger partial charge in [-0.25, -0.2) is 13.2 Å². The molecule has 0 saturated heterocycles. The zero-order valence-electron chi connectivity index (χ0n) is 9.99. The quantitative estimate of drug-likeness (QED) is 0.849.